The van der Waals surface area contributed by atoms with E-state index >= 15 is 0 Å². The molecule has 120 valence electrons. The van der Waals surface area contributed by atoms with Crippen LogP contribution < -0.4 is 10.9 Å². The second-order valence-corrected chi connectivity index (χ2v) is 4.70. The summed E-state index contributed by atoms with van der Waals surface area (Å²) in [6.07, 6.45) is -1.17. The van der Waals surface area contributed by atoms with Crippen molar-refractivity contribution in [3.05, 3.63) is 58.3 Å². The first-order valence-corrected chi connectivity index (χ1v) is 6.69. The number of carbonyl (C=O) groups excluding carboxylic acids is 2. The van der Waals surface area contributed by atoms with E-state index in [1.54, 1.807) is 6.07 Å². The van der Waals surface area contributed by atoms with Gasteiger partial charge in [-0.1, -0.05) is 12.1 Å². The number of esters is 1. The van der Waals surface area contributed by atoms with Crippen molar-refractivity contribution in [3.8, 4) is 0 Å². The number of anilines is 1. The summed E-state index contributed by atoms with van der Waals surface area (Å²) in [5, 5.41) is 6.04. The van der Waals surface area contributed by atoms with Gasteiger partial charge in [-0.3, -0.25) is 9.59 Å². The number of halogens is 1. The maximum absolute atomic E-state index is 13.5. The molecule has 7 nitrogen and oxygen atoms in total. The van der Waals surface area contributed by atoms with Gasteiger partial charge in [0.05, 0.1) is 5.69 Å². The number of ether oxygens (including phenoxy) is 1. The SMILES string of the molecule is CC(OC(=O)c1ccc(=O)n(C)n1)C(=O)Nc1ccccc1F. The van der Waals surface area contributed by atoms with Gasteiger partial charge in [-0.2, -0.15) is 5.10 Å². The molecule has 0 fully saturated rings. The van der Waals surface area contributed by atoms with E-state index in [0.29, 0.717) is 0 Å². The Hall–Kier alpha value is -3.03. The second-order valence-electron chi connectivity index (χ2n) is 4.70. The highest BCUT2D eigenvalue weighted by atomic mass is 19.1. The van der Waals surface area contributed by atoms with Crippen LogP contribution in [-0.2, 0) is 16.6 Å². The summed E-state index contributed by atoms with van der Waals surface area (Å²) in [5.74, 6) is -2.15. The van der Waals surface area contributed by atoms with Gasteiger partial charge < -0.3 is 10.1 Å². The van der Waals surface area contributed by atoms with Crippen molar-refractivity contribution in [1.82, 2.24) is 9.78 Å². The van der Waals surface area contributed by atoms with Gasteiger partial charge in [-0.05, 0) is 25.1 Å². The van der Waals surface area contributed by atoms with Gasteiger partial charge in [0.25, 0.3) is 11.5 Å². The summed E-state index contributed by atoms with van der Waals surface area (Å²) >= 11 is 0. The van der Waals surface area contributed by atoms with Crippen molar-refractivity contribution < 1.29 is 18.7 Å². The third-order valence-corrected chi connectivity index (χ3v) is 2.95. The summed E-state index contributed by atoms with van der Waals surface area (Å²) < 4.78 is 19.4. The number of carbonyl (C=O) groups is 2. The van der Waals surface area contributed by atoms with Crippen LogP contribution in [0.2, 0.25) is 0 Å². The Morgan fingerprint density at radius 2 is 1.96 bits per heavy atom. The molecule has 1 unspecified atom stereocenters. The normalized spacial score (nSPS) is 11.6. The number of hydrogen-bond donors (Lipinski definition) is 1. The molecule has 2 aromatic rings. The molecule has 1 N–H and O–H groups in total. The Kier molecular flexibility index (Phi) is 4.85. The van der Waals surface area contributed by atoms with Gasteiger partial charge in [-0.15, -0.1) is 0 Å². The highest BCUT2D eigenvalue weighted by molar-refractivity contribution is 5.96. The quantitative estimate of drug-likeness (QED) is 0.852. The minimum atomic E-state index is -1.17. The van der Waals surface area contributed by atoms with Crippen LogP contribution in [0.15, 0.2) is 41.2 Å². The summed E-state index contributed by atoms with van der Waals surface area (Å²) in [6, 6.07) is 7.99. The lowest BCUT2D eigenvalue weighted by atomic mass is 10.3. The molecule has 0 saturated carbocycles. The minimum absolute atomic E-state index is 0.0133. The van der Waals surface area contributed by atoms with Crippen LogP contribution in [0.1, 0.15) is 17.4 Å². The highest BCUT2D eigenvalue weighted by Gasteiger charge is 2.21. The Bertz CT molecular complexity index is 803. The predicted molar refractivity (Wildman–Crippen MR) is 79.4 cm³/mol. The number of para-hydroxylation sites is 1. The summed E-state index contributed by atoms with van der Waals surface area (Å²) in [6.45, 7) is 1.34. The van der Waals surface area contributed by atoms with E-state index in [-0.39, 0.29) is 16.9 Å². The smallest absolute Gasteiger partial charge is 0.359 e. The third-order valence-electron chi connectivity index (χ3n) is 2.95. The van der Waals surface area contributed by atoms with Crippen molar-refractivity contribution in [2.45, 2.75) is 13.0 Å². The standard InChI is InChI=1S/C15H14FN3O4/c1-9(14(21)17-11-6-4-3-5-10(11)16)23-15(22)12-7-8-13(20)19(2)18-12/h3-9H,1-2H3,(H,17,21). The summed E-state index contributed by atoms with van der Waals surface area (Å²) in [7, 11) is 1.38. The number of aromatic nitrogens is 2. The number of amides is 1. The molecule has 0 aliphatic carbocycles. The zero-order valence-electron chi connectivity index (χ0n) is 12.4. The van der Waals surface area contributed by atoms with Crippen LogP contribution in [0, 0.1) is 5.82 Å². The van der Waals surface area contributed by atoms with Crippen LogP contribution in [-0.4, -0.2) is 27.8 Å². The van der Waals surface area contributed by atoms with Gasteiger partial charge in [0.15, 0.2) is 11.8 Å². The summed E-state index contributed by atoms with van der Waals surface area (Å²) in [4.78, 5) is 35.0. The van der Waals surface area contributed by atoms with Gasteiger partial charge in [0.2, 0.25) is 0 Å². The molecule has 0 aliphatic heterocycles. The van der Waals surface area contributed by atoms with Crippen molar-refractivity contribution in [1.29, 1.82) is 0 Å². The second kappa shape index (κ2) is 6.82. The Balaban J connectivity index is 2.03. The lowest BCUT2D eigenvalue weighted by molar-refractivity contribution is -0.123. The van der Waals surface area contributed by atoms with Crippen LogP contribution in [0.4, 0.5) is 10.1 Å². The molecule has 0 saturated heterocycles. The number of hydrogen-bond acceptors (Lipinski definition) is 5. The van der Waals surface area contributed by atoms with Gasteiger partial charge in [-0.25, -0.2) is 13.9 Å². The first-order chi connectivity index (χ1) is 10.9. The zero-order valence-corrected chi connectivity index (χ0v) is 12.4. The van der Waals surface area contributed by atoms with Crippen molar-refractivity contribution in [2.24, 2.45) is 7.05 Å². The molecular formula is C15H14FN3O4. The topological polar surface area (TPSA) is 90.3 Å². The molecule has 1 heterocycles. The number of nitrogens with one attached hydrogen (secondary N) is 1. The average Bonchev–Trinajstić information content (AvgIpc) is 2.52. The van der Waals surface area contributed by atoms with Gasteiger partial charge >= 0.3 is 5.97 Å². The van der Waals surface area contributed by atoms with Gasteiger partial charge in [0, 0.05) is 13.1 Å². The van der Waals surface area contributed by atoms with Crippen LogP contribution in [0.25, 0.3) is 0 Å². The molecule has 8 heteroatoms. The number of aryl methyl sites for hydroxylation is 1. The third kappa shape index (κ3) is 4.00. The number of rotatable bonds is 4. The molecule has 0 aliphatic rings. The number of nitrogens with zero attached hydrogens (tertiary/aromatic N) is 2. The monoisotopic (exact) mass is 319 g/mol. The molecule has 23 heavy (non-hydrogen) atoms. The van der Waals surface area contributed by atoms with Crippen LogP contribution in [0.3, 0.4) is 0 Å². The fourth-order valence-electron chi connectivity index (χ4n) is 1.68. The van der Waals surface area contributed by atoms with Crippen LogP contribution in [0.5, 0.6) is 0 Å². The largest absolute Gasteiger partial charge is 0.448 e. The molecule has 0 spiro atoms. The van der Waals surface area contributed by atoms with E-state index in [0.717, 1.165) is 10.7 Å². The molecule has 1 amide bonds. The first-order valence-electron chi connectivity index (χ1n) is 6.69. The van der Waals surface area contributed by atoms with Crippen molar-refractivity contribution in [3.63, 3.8) is 0 Å². The average molecular weight is 319 g/mol. The fraction of sp³-hybridized carbons (Fsp3) is 0.200. The zero-order chi connectivity index (χ0) is 17.0. The first kappa shape index (κ1) is 16.3. The molecular weight excluding hydrogens is 305 g/mol. The van der Waals surface area contributed by atoms with E-state index in [9.17, 15) is 18.8 Å². The fourth-order valence-corrected chi connectivity index (χ4v) is 1.68. The maximum Gasteiger partial charge on any atom is 0.359 e. The Labute approximate surface area is 130 Å². The van der Waals surface area contributed by atoms with E-state index in [4.69, 9.17) is 4.74 Å². The summed E-state index contributed by atoms with van der Waals surface area (Å²) in [5.41, 5.74) is -0.509. The molecule has 1 aromatic carbocycles. The number of benzene rings is 1. The Morgan fingerprint density at radius 3 is 2.61 bits per heavy atom. The van der Waals surface area contributed by atoms with Crippen LogP contribution >= 0.6 is 0 Å². The molecule has 2 rings (SSSR count). The molecule has 0 bridgehead atoms. The highest BCUT2D eigenvalue weighted by Crippen LogP contribution is 2.13. The van der Waals surface area contributed by atoms with Gasteiger partial charge in [0.1, 0.15) is 5.82 Å². The van der Waals surface area contributed by atoms with E-state index in [2.05, 4.69) is 10.4 Å². The minimum Gasteiger partial charge on any atom is -0.448 e. The predicted octanol–water partition coefficient (Wildman–Crippen LogP) is 1.10. The van der Waals surface area contributed by atoms with Crippen molar-refractivity contribution in [2.75, 3.05) is 5.32 Å². The Morgan fingerprint density at radius 1 is 1.26 bits per heavy atom. The lowest BCUT2D eigenvalue weighted by Gasteiger charge is -2.13. The molecule has 0 radical (unpaired) electrons. The molecule has 1 aromatic heterocycles. The lowest BCUT2D eigenvalue weighted by Crippen LogP contribution is -2.31. The van der Waals surface area contributed by atoms with E-state index in [1.165, 1.54) is 38.2 Å². The van der Waals surface area contributed by atoms with Crippen molar-refractivity contribution >= 4 is 17.6 Å². The van der Waals surface area contributed by atoms with E-state index < -0.39 is 23.8 Å². The maximum atomic E-state index is 13.5. The van der Waals surface area contributed by atoms with E-state index in [1.807, 2.05) is 0 Å². The molecule has 1 atom stereocenters.